The maximum Gasteiger partial charge on any atom is 0.319 e. The average molecular weight is 329 g/mol. The predicted octanol–water partition coefficient (Wildman–Crippen LogP) is 0.651. The number of hydroxylamine groups is 2. The van der Waals surface area contributed by atoms with E-state index < -0.39 is 0 Å². The molecule has 7 nitrogen and oxygen atoms in total. The van der Waals surface area contributed by atoms with Crippen LogP contribution in [-0.2, 0) is 19.2 Å². The highest BCUT2D eigenvalue weighted by atomic mass is 16.7. The molecule has 23 heavy (non-hydrogen) atoms. The molecule has 0 aromatic rings. The van der Waals surface area contributed by atoms with Crippen LogP contribution in [0.2, 0.25) is 0 Å². The van der Waals surface area contributed by atoms with E-state index in [0.717, 1.165) is 45.3 Å². The summed E-state index contributed by atoms with van der Waals surface area (Å²) in [5.41, 5.74) is 0. The van der Waals surface area contributed by atoms with Gasteiger partial charge in [-0.25, -0.2) is 5.06 Å². The molecule has 1 fully saturated rings. The second kappa shape index (κ2) is 11.4. The van der Waals surface area contributed by atoms with E-state index in [1.807, 2.05) is 7.05 Å². The molecule has 0 spiro atoms. The van der Waals surface area contributed by atoms with Gasteiger partial charge < -0.3 is 15.0 Å². The number of hydrogen-bond acceptors (Lipinski definition) is 6. The molecule has 1 saturated carbocycles. The second-order valence-corrected chi connectivity index (χ2v) is 5.89. The van der Waals surface area contributed by atoms with Crippen LogP contribution in [0.3, 0.4) is 0 Å². The van der Waals surface area contributed by atoms with E-state index in [0.29, 0.717) is 13.2 Å². The van der Waals surface area contributed by atoms with Crippen molar-refractivity contribution in [3.05, 3.63) is 0 Å². The number of esters is 1. The first kappa shape index (κ1) is 19.9. The van der Waals surface area contributed by atoms with E-state index in [9.17, 15) is 9.59 Å². The summed E-state index contributed by atoms with van der Waals surface area (Å²) in [6, 6.07) is 0. The maximum atomic E-state index is 12.1. The molecule has 0 atom stereocenters. The fourth-order valence-corrected chi connectivity index (χ4v) is 2.40. The van der Waals surface area contributed by atoms with E-state index in [4.69, 9.17) is 9.57 Å². The van der Waals surface area contributed by atoms with Gasteiger partial charge in [0.1, 0.15) is 0 Å². The van der Waals surface area contributed by atoms with Crippen molar-refractivity contribution >= 4 is 11.9 Å². The summed E-state index contributed by atoms with van der Waals surface area (Å²) in [6.07, 6.45) is 4.05. The zero-order chi connectivity index (χ0) is 17.1. The number of carbonyl (C=O) groups is 2. The van der Waals surface area contributed by atoms with E-state index in [-0.39, 0.29) is 24.3 Å². The molecule has 1 rings (SSSR count). The molecule has 1 aliphatic rings. The molecule has 0 bridgehead atoms. The first-order chi connectivity index (χ1) is 11.1. The van der Waals surface area contributed by atoms with Crippen LogP contribution in [0.1, 0.15) is 32.6 Å². The molecule has 1 N–H and O–H groups in total. The average Bonchev–Trinajstić information content (AvgIpc) is 2.46. The summed E-state index contributed by atoms with van der Waals surface area (Å²) in [6.45, 7) is 5.47. The van der Waals surface area contributed by atoms with Crippen LogP contribution < -0.4 is 5.32 Å². The van der Waals surface area contributed by atoms with Gasteiger partial charge in [-0.05, 0) is 46.3 Å². The Balaban J connectivity index is 2.07. The number of carbonyl (C=O) groups excluding carboxylic acids is 2. The van der Waals surface area contributed by atoms with Crippen molar-refractivity contribution < 1.29 is 19.2 Å². The molecule has 0 aliphatic heterocycles. The molecule has 1 aliphatic carbocycles. The van der Waals surface area contributed by atoms with Gasteiger partial charge in [0, 0.05) is 12.5 Å². The van der Waals surface area contributed by atoms with Crippen molar-refractivity contribution in [2.45, 2.75) is 32.6 Å². The van der Waals surface area contributed by atoms with Crippen molar-refractivity contribution in [3.8, 4) is 0 Å². The highest BCUT2D eigenvalue weighted by Gasteiger charge is 2.29. The standard InChI is InChI=1S/C16H31N3O4/c1-4-23-15(20)13-17-9-6-10-18(2)11-12-19(22-3)16(21)14-7-5-8-14/h14,17H,4-13H2,1-3H3. The molecule has 0 heterocycles. The highest BCUT2D eigenvalue weighted by Crippen LogP contribution is 2.28. The quantitative estimate of drug-likeness (QED) is 0.322. The van der Waals surface area contributed by atoms with Gasteiger partial charge in [-0.2, -0.15) is 0 Å². The van der Waals surface area contributed by atoms with Crippen LogP contribution in [0.15, 0.2) is 0 Å². The number of rotatable bonds is 12. The smallest absolute Gasteiger partial charge is 0.319 e. The molecule has 0 aromatic carbocycles. The summed E-state index contributed by atoms with van der Waals surface area (Å²) < 4.78 is 4.84. The minimum Gasteiger partial charge on any atom is -0.465 e. The predicted molar refractivity (Wildman–Crippen MR) is 87.7 cm³/mol. The van der Waals surface area contributed by atoms with Gasteiger partial charge in [0.25, 0.3) is 0 Å². The lowest BCUT2D eigenvalue weighted by atomic mass is 9.85. The number of hydrogen-bond donors (Lipinski definition) is 1. The molecular formula is C16H31N3O4. The minimum atomic E-state index is -0.217. The van der Waals surface area contributed by atoms with Crippen LogP contribution in [0.5, 0.6) is 0 Å². The first-order valence-corrected chi connectivity index (χ1v) is 8.48. The van der Waals surface area contributed by atoms with Crippen molar-refractivity contribution in [2.75, 3.05) is 53.5 Å². The van der Waals surface area contributed by atoms with Gasteiger partial charge in [0.2, 0.25) is 5.91 Å². The number of likely N-dealkylation sites (N-methyl/N-ethyl adjacent to an activating group) is 1. The number of ether oxygens (including phenoxy) is 1. The largest absolute Gasteiger partial charge is 0.465 e. The lowest BCUT2D eigenvalue weighted by Gasteiger charge is -2.30. The third kappa shape index (κ3) is 7.76. The van der Waals surface area contributed by atoms with Gasteiger partial charge in [-0.1, -0.05) is 6.42 Å². The molecule has 134 valence electrons. The summed E-state index contributed by atoms with van der Waals surface area (Å²) >= 11 is 0. The molecule has 0 radical (unpaired) electrons. The van der Waals surface area contributed by atoms with Gasteiger partial charge in [-0.3, -0.25) is 14.4 Å². The Bertz CT molecular complexity index is 361. The van der Waals surface area contributed by atoms with Crippen LogP contribution in [0, 0.1) is 5.92 Å². The van der Waals surface area contributed by atoms with E-state index in [2.05, 4.69) is 10.2 Å². The molecule has 0 saturated heterocycles. The Hall–Kier alpha value is -1.18. The fraction of sp³-hybridized carbons (Fsp3) is 0.875. The molecule has 0 unspecified atom stereocenters. The van der Waals surface area contributed by atoms with Gasteiger partial charge in [0.05, 0.1) is 26.8 Å². The monoisotopic (exact) mass is 329 g/mol. The summed E-state index contributed by atoms with van der Waals surface area (Å²) in [4.78, 5) is 30.6. The van der Waals surface area contributed by atoms with Crippen molar-refractivity contribution in [1.29, 1.82) is 0 Å². The Labute approximate surface area is 139 Å². The molecule has 0 aromatic heterocycles. The van der Waals surface area contributed by atoms with E-state index in [1.165, 1.54) is 5.06 Å². The van der Waals surface area contributed by atoms with Gasteiger partial charge >= 0.3 is 5.97 Å². The lowest BCUT2D eigenvalue weighted by Crippen LogP contribution is -2.42. The first-order valence-electron chi connectivity index (χ1n) is 8.48. The van der Waals surface area contributed by atoms with Crippen LogP contribution in [-0.4, -0.2) is 75.3 Å². The molecule has 7 heteroatoms. The Kier molecular flexibility index (Phi) is 9.82. The maximum absolute atomic E-state index is 12.1. The van der Waals surface area contributed by atoms with Crippen molar-refractivity contribution in [3.63, 3.8) is 0 Å². The Morgan fingerprint density at radius 2 is 1.96 bits per heavy atom. The second-order valence-electron chi connectivity index (χ2n) is 5.89. The van der Waals surface area contributed by atoms with Crippen LogP contribution in [0.25, 0.3) is 0 Å². The summed E-state index contributed by atoms with van der Waals surface area (Å²) in [5.74, 6) is 0.0571. The van der Waals surface area contributed by atoms with E-state index >= 15 is 0 Å². The van der Waals surface area contributed by atoms with Crippen LogP contribution >= 0.6 is 0 Å². The number of amides is 1. The summed E-state index contributed by atoms with van der Waals surface area (Å²) in [5, 5.41) is 4.54. The zero-order valence-corrected chi connectivity index (χ0v) is 14.7. The SMILES string of the molecule is CCOC(=O)CNCCCN(C)CCN(OC)C(=O)C1CCC1. The Morgan fingerprint density at radius 1 is 1.22 bits per heavy atom. The van der Waals surface area contributed by atoms with Crippen molar-refractivity contribution in [2.24, 2.45) is 5.92 Å². The van der Waals surface area contributed by atoms with Gasteiger partial charge in [-0.15, -0.1) is 0 Å². The third-order valence-electron chi connectivity index (χ3n) is 4.07. The molecule has 1 amide bonds. The third-order valence-corrected chi connectivity index (χ3v) is 4.07. The lowest BCUT2D eigenvalue weighted by molar-refractivity contribution is -0.184. The van der Waals surface area contributed by atoms with Crippen molar-refractivity contribution in [1.82, 2.24) is 15.3 Å². The number of nitrogens with one attached hydrogen (secondary N) is 1. The zero-order valence-electron chi connectivity index (χ0n) is 14.7. The summed E-state index contributed by atoms with van der Waals surface area (Å²) in [7, 11) is 3.57. The highest BCUT2D eigenvalue weighted by molar-refractivity contribution is 5.78. The minimum absolute atomic E-state index is 0.114. The number of nitrogens with zero attached hydrogens (tertiary/aromatic N) is 2. The fourth-order valence-electron chi connectivity index (χ4n) is 2.40. The van der Waals surface area contributed by atoms with Gasteiger partial charge in [0.15, 0.2) is 0 Å². The Morgan fingerprint density at radius 3 is 2.52 bits per heavy atom. The van der Waals surface area contributed by atoms with E-state index in [1.54, 1.807) is 14.0 Å². The normalized spacial score (nSPS) is 14.6. The topological polar surface area (TPSA) is 71.1 Å². The van der Waals surface area contributed by atoms with Crippen LogP contribution in [0.4, 0.5) is 0 Å². The molecular weight excluding hydrogens is 298 g/mol.